The van der Waals surface area contributed by atoms with Gasteiger partial charge in [-0.15, -0.1) is 0 Å². The van der Waals surface area contributed by atoms with Gasteiger partial charge in [0.2, 0.25) is 0 Å². The Hall–Kier alpha value is -1.11. The largest absolute Gasteiger partial charge is 0.304 e. The van der Waals surface area contributed by atoms with Crippen LogP contribution in [0.2, 0.25) is 0 Å². The number of aryl methyl sites for hydroxylation is 1. The van der Waals surface area contributed by atoms with E-state index in [1.54, 1.807) is 12.1 Å². The van der Waals surface area contributed by atoms with Crippen molar-refractivity contribution in [1.29, 1.82) is 0 Å². The quantitative estimate of drug-likeness (QED) is 0.488. The third-order valence-electron chi connectivity index (χ3n) is 4.43. The van der Waals surface area contributed by atoms with Crippen molar-refractivity contribution in [2.75, 3.05) is 24.4 Å². The molecule has 0 unspecified atom stereocenters. The Morgan fingerprint density at radius 1 is 0.920 bits per heavy atom. The van der Waals surface area contributed by atoms with Crippen molar-refractivity contribution >= 4 is 15.9 Å². The molecule has 0 aliphatic carbocycles. The van der Waals surface area contributed by atoms with Gasteiger partial charge >= 0.3 is 0 Å². The first-order valence-corrected chi connectivity index (χ1v) is 11.1. The van der Waals surface area contributed by atoms with Crippen molar-refractivity contribution in [3.63, 3.8) is 0 Å². The van der Waals surface area contributed by atoms with Gasteiger partial charge in [0.05, 0.1) is 0 Å². The fourth-order valence-electron chi connectivity index (χ4n) is 2.94. The van der Waals surface area contributed by atoms with Crippen LogP contribution < -0.4 is 9.86 Å². The Labute approximate surface area is 154 Å². The van der Waals surface area contributed by atoms with E-state index in [-0.39, 0.29) is 0 Å². The summed E-state index contributed by atoms with van der Waals surface area (Å²) in [5.41, 5.74) is 1.73. The molecular weight excluding hydrogens is 334 g/mol. The predicted molar refractivity (Wildman–Crippen MR) is 107 cm³/mol. The highest BCUT2D eigenvalue weighted by atomic mass is 32.2. The number of benzene rings is 1. The van der Waals surface area contributed by atoms with E-state index in [1.165, 1.54) is 50.6 Å². The molecule has 0 saturated carbocycles. The highest BCUT2D eigenvalue weighted by molar-refractivity contribution is 7.90. The lowest BCUT2D eigenvalue weighted by Crippen LogP contribution is -2.25. The summed E-state index contributed by atoms with van der Waals surface area (Å²) in [7, 11) is -3.69. The van der Waals surface area contributed by atoms with Gasteiger partial charge in [0.15, 0.2) is 0 Å². The van der Waals surface area contributed by atoms with Gasteiger partial charge in [-0.05, 0) is 63.0 Å². The van der Waals surface area contributed by atoms with Gasteiger partial charge in [-0.1, -0.05) is 51.7 Å². The Bertz CT molecular complexity index is 559. The van der Waals surface area contributed by atoms with Gasteiger partial charge in [0.1, 0.15) is 0 Å². The molecule has 25 heavy (non-hydrogen) atoms. The predicted octanol–water partition coefficient (Wildman–Crippen LogP) is 3.92. The van der Waals surface area contributed by atoms with Crippen LogP contribution in [0.5, 0.6) is 0 Å². The second-order valence-electron chi connectivity index (χ2n) is 6.65. The molecule has 0 atom stereocenters. The van der Waals surface area contributed by atoms with Crippen molar-refractivity contribution in [2.45, 2.75) is 65.2 Å². The van der Waals surface area contributed by atoms with Gasteiger partial charge in [-0.25, -0.2) is 5.14 Å². The molecule has 6 heteroatoms. The van der Waals surface area contributed by atoms with E-state index in [9.17, 15) is 8.42 Å². The van der Waals surface area contributed by atoms with E-state index in [2.05, 4.69) is 23.5 Å². The normalized spacial score (nSPS) is 11.8. The smallest absolute Gasteiger partial charge is 0.296 e. The van der Waals surface area contributed by atoms with E-state index in [4.69, 9.17) is 5.14 Å². The van der Waals surface area contributed by atoms with E-state index in [1.807, 2.05) is 12.1 Å². The topological polar surface area (TPSA) is 75.4 Å². The fourth-order valence-corrected chi connectivity index (χ4v) is 3.40. The summed E-state index contributed by atoms with van der Waals surface area (Å²) in [6.07, 6.45) is 10.0. The van der Waals surface area contributed by atoms with Crippen LogP contribution in [-0.2, 0) is 16.6 Å². The van der Waals surface area contributed by atoms with Crippen molar-refractivity contribution in [2.24, 2.45) is 5.14 Å². The monoisotopic (exact) mass is 369 g/mol. The average Bonchev–Trinajstić information content (AvgIpc) is 2.56. The number of anilines is 1. The first-order valence-electron chi connectivity index (χ1n) is 9.56. The van der Waals surface area contributed by atoms with E-state index >= 15 is 0 Å². The van der Waals surface area contributed by atoms with Crippen LogP contribution in [0.1, 0.15) is 64.4 Å². The SMILES string of the molecule is CCCCCCCN(CC)CCCCc1ccc(NS(N)(=O)=O)cc1. The minimum absolute atomic E-state index is 0.506. The molecule has 0 aliphatic heterocycles. The number of nitrogens with one attached hydrogen (secondary N) is 1. The van der Waals surface area contributed by atoms with Crippen molar-refractivity contribution < 1.29 is 8.42 Å². The maximum atomic E-state index is 11.0. The van der Waals surface area contributed by atoms with Gasteiger partial charge in [-0.2, -0.15) is 8.42 Å². The molecule has 1 aromatic rings. The summed E-state index contributed by atoms with van der Waals surface area (Å²) < 4.78 is 24.2. The Morgan fingerprint density at radius 2 is 1.52 bits per heavy atom. The molecule has 0 spiro atoms. The number of nitrogens with two attached hydrogens (primary N) is 1. The van der Waals surface area contributed by atoms with Crippen LogP contribution in [0.25, 0.3) is 0 Å². The van der Waals surface area contributed by atoms with Gasteiger partial charge in [0.25, 0.3) is 10.2 Å². The van der Waals surface area contributed by atoms with Crippen LogP contribution in [0.4, 0.5) is 5.69 Å². The highest BCUT2D eigenvalue weighted by Crippen LogP contribution is 2.13. The van der Waals surface area contributed by atoms with Gasteiger partial charge in [0, 0.05) is 5.69 Å². The van der Waals surface area contributed by atoms with Crippen molar-refractivity contribution in [1.82, 2.24) is 4.90 Å². The third-order valence-corrected chi connectivity index (χ3v) is 4.95. The van der Waals surface area contributed by atoms with E-state index in [0.717, 1.165) is 25.9 Å². The maximum absolute atomic E-state index is 11.0. The van der Waals surface area contributed by atoms with E-state index < -0.39 is 10.2 Å². The third kappa shape index (κ3) is 11.2. The van der Waals surface area contributed by atoms with Crippen molar-refractivity contribution in [3.8, 4) is 0 Å². The van der Waals surface area contributed by atoms with Crippen LogP contribution >= 0.6 is 0 Å². The lowest BCUT2D eigenvalue weighted by Gasteiger charge is -2.20. The minimum atomic E-state index is -3.69. The molecule has 0 fully saturated rings. The highest BCUT2D eigenvalue weighted by Gasteiger charge is 2.04. The zero-order valence-corrected chi connectivity index (χ0v) is 16.7. The van der Waals surface area contributed by atoms with Crippen LogP contribution in [0, 0.1) is 0 Å². The number of rotatable bonds is 14. The molecule has 1 aromatic carbocycles. The van der Waals surface area contributed by atoms with Gasteiger partial charge in [-0.3, -0.25) is 4.72 Å². The second kappa shape index (κ2) is 12.3. The van der Waals surface area contributed by atoms with E-state index in [0.29, 0.717) is 5.69 Å². The van der Waals surface area contributed by atoms with Crippen LogP contribution in [-0.4, -0.2) is 33.0 Å². The Kier molecular flexibility index (Phi) is 10.8. The summed E-state index contributed by atoms with van der Waals surface area (Å²) in [6.45, 7) is 8.00. The Morgan fingerprint density at radius 3 is 2.08 bits per heavy atom. The molecule has 0 saturated heterocycles. The molecule has 0 aliphatic rings. The summed E-state index contributed by atoms with van der Waals surface area (Å²) in [6, 6.07) is 7.43. The van der Waals surface area contributed by atoms with Crippen molar-refractivity contribution in [3.05, 3.63) is 29.8 Å². The van der Waals surface area contributed by atoms with Crippen LogP contribution in [0.15, 0.2) is 24.3 Å². The lowest BCUT2D eigenvalue weighted by molar-refractivity contribution is 0.275. The summed E-state index contributed by atoms with van der Waals surface area (Å²) in [4.78, 5) is 2.55. The number of hydrogen-bond donors (Lipinski definition) is 2. The number of nitrogens with zero attached hydrogens (tertiary/aromatic N) is 1. The molecular formula is C19H35N3O2S. The molecule has 144 valence electrons. The molecule has 0 aromatic heterocycles. The van der Waals surface area contributed by atoms with Gasteiger partial charge < -0.3 is 4.90 Å². The lowest BCUT2D eigenvalue weighted by atomic mass is 10.1. The number of hydrogen-bond acceptors (Lipinski definition) is 3. The second-order valence-corrected chi connectivity index (χ2v) is 7.94. The minimum Gasteiger partial charge on any atom is -0.304 e. The standard InChI is InChI=1S/C19H35N3O2S/c1-3-5-6-7-9-16-22(4-2)17-10-8-11-18-12-14-19(15-13-18)21-25(20,23)24/h12-15,21H,3-11,16-17H2,1-2H3,(H2,20,23,24). The molecule has 3 N–H and O–H groups in total. The molecule has 0 bridgehead atoms. The zero-order valence-electron chi connectivity index (χ0n) is 15.8. The molecule has 5 nitrogen and oxygen atoms in total. The molecule has 0 radical (unpaired) electrons. The summed E-state index contributed by atoms with van der Waals surface area (Å²) in [5.74, 6) is 0. The molecule has 1 rings (SSSR count). The first-order chi connectivity index (χ1) is 11.9. The average molecular weight is 370 g/mol. The Balaban J connectivity index is 2.20. The summed E-state index contributed by atoms with van der Waals surface area (Å²) in [5, 5.41) is 4.96. The molecule has 0 heterocycles. The maximum Gasteiger partial charge on any atom is 0.296 e. The fraction of sp³-hybridized carbons (Fsp3) is 0.684. The van der Waals surface area contributed by atoms with Crippen LogP contribution in [0.3, 0.4) is 0 Å². The molecule has 0 amide bonds. The zero-order chi connectivity index (χ0) is 18.5. The first kappa shape index (κ1) is 21.9. The summed E-state index contributed by atoms with van der Waals surface area (Å²) >= 11 is 0. The number of unbranched alkanes of at least 4 members (excludes halogenated alkanes) is 5.